The smallest absolute Gasteiger partial charge is 0.305 e. The quantitative estimate of drug-likeness (QED) is 0.0440. The maximum atomic E-state index is 11.5. The average Bonchev–Trinajstić information content (AvgIpc) is 3.16. The molecule has 0 fully saturated rings. The highest BCUT2D eigenvalue weighted by Crippen LogP contribution is 2.13. The van der Waals surface area contributed by atoms with E-state index in [4.69, 9.17) is 47.4 Å². The highest BCUT2D eigenvalue weighted by atomic mass is 16.6. The molecule has 53 heavy (non-hydrogen) atoms. The van der Waals surface area contributed by atoms with Gasteiger partial charge in [-0.15, -0.1) is 0 Å². The molecule has 11 nitrogen and oxygen atoms in total. The highest BCUT2D eigenvalue weighted by Gasteiger charge is 2.02. The van der Waals surface area contributed by atoms with E-state index in [1.165, 1.54) is 96.3 Å². The van der Waals surface area contributed by atoms with Crippen LogP contribution in [0.25, 0.3) is 0 Å². The third-order valence-electron chi connectivity index (χ3n) is 8.59. The summed E-state index contributed by atoms with van der Waals surface area (Å²) in [4.78, 5) is 11.5. The molecule has 0 aliphatic carbocycles. The lowest BCUT2D eigenvalue weighted by molar-refractivity contribution is -0.145. The predicted octanol–water partition coefficient (Wildman–Crippen LogP) is 8.52. The molecule has 0 radical (unpaired) electrons. The van der Waals surface area contributed by atoms with E-state index in [0.29, 0.717) is 119 Å². The van der Waals surface area contributed by atoms with Gasteiger partial charge in [0.2, 0.25) is 0 Å². The molecule has 0 atom stereocenters. The van der Waals surface area contributed by atoms with Crippen molar-refractivity contribution in [3.8, 4) is 0 Å². The minimum absolute atomic E-state index is 0.154. The van der Waals surface area contributed by atoms with E-state index in [9.17, 15) is 4.79 Å². The second-order valence-electron chi connectivity index (χ2n) is 13.5. The molecule has 0 saturated carbocycles. The van der Waals surface area contributed by atoms with Crippen molar-refractivity contribution in [1.82, 2.24) is 0 Å². The maximum Gasteiger partial charge on any atom is 0.305 e. The topological polar surface area (TPSA) is 109 Å². The van der Waals surface area contributed by atoms with Crippen LogP contribution in [0.1, 0.15) is 142 Å². The summed E-state index contributed by atoms with van der Waals surface area (Å²) < 4.78 is 54.8. The Labute approximate surface area is 325 Å². The molecular weight excluding hydrogens is 680 g/mol. The number of hydrogen-bond donors (Lipinski definition) is 0. The minimum Gasteiger partial charge on any atom is -0.463 e. The summed E-state index contributed by atoms with van der Waals surface area (Å²) in [5, 5.41) is 0. The summed E-state index contributed by atoms with van der Waals surface area (Å²) in [5.41, 5.74) is 0. The van der Waals surface area contributed by atoms with Crippen molar-refractivity contribution in [1.29, 1.82) is 0 Å². The van der Waals surface area contributed by atoms with Crippen LogP contribution >= 0.6 is 0 Å². The van der Waals surface area contributed by atoms with Crippen molar-refractivity contribution in [3.05, 3.63) is 0 Å². The van der Waals surface area contributed by atoms with E-state index in [2.05, 4.69) is 13.8 Å². The molecule has 0 bridgehead atoms. The summed E-state index contributed by atoms with van der Waals surface area (Å²) in [7, 11) is 0. The zero-order valence-electron chi connectivity index (χ0n) is 34.6. The van der Waals surface area contributed by atoms with Crippen LogP contribution in [-0.4, -0.2) is 132 Å². The van der Waals surface area contributed by atoms with Crippen LogP contribution < -0.4 is 0 Å². The van der Waals surface area contributed by atoms with Crippen LogP contribution in [0.15, 0.2) is 0 Å². The Morgan fingerprint density at radius 1 is 0.264 bits per heavy atom. The molecule has 0 unspecified atom stereocenters. The van der Waals surface area contributed by atoms with Gasteiger partial charge in [-0.3, -0.25) is 4.79 Å². The first-order valence-corrected chi connectivity index (χ1v) is 21.7. The van der Waals surface area contributed by atoms with Crippen LogP contribution in [0, 0.1) is 0 Å². The maximum absolute atomic E-state index is 11.5. The molecule has 0 aromatic heterocycles. The predicted molar refractivity (Wildman–Crippen MR) is 212 cm³/mol. The van der Waals surface area contributed by atoms with E-state index < -0.39 is 0 Å². The summed E-state index contributed by atoms with van der Waals surface area (Å²) in [6.45, 7) is 14.4. The second-order valence-corrected chi connectivity index (χ2v) is 13.5. The van der Waals surface area contributed by atoms with E-state index in [1.807, 2.05) is 0 Å². The monoisotopic (exact) mass is 765 g/mol. The average molecular weight is 765 g/mol. The fraction of sp³-hybridized carbons (Fsp3) is 0.976. The van der Waals surface area contributed by atoms with Crippen molar-refractivity contribution >= 4 is 5.97 Å². The van der Waals surface area contributed by atoms with E-state index in [0.717, 1.165) is 32.3 Å². The van der Waals surface area contributed by atoms with Gasteiger partial charge in [0.05, 0.1) is 112 Å². The third kappa shape index (κ3) is 49.1. The molecule has 0 N–H and O–H groups in total. The Morgan fingerprint density at radius 2 is 0.491 bits per heavy atom. The van der Waals surface area contributed by atoms with Crippen molar-refractivity contribution in [3.63, 3.8) is 0 Å². The number of carbonyl (C=O) groups excluding carboxylic acids is 1. The third-order valence-corrected chi connectivity index (χ3v) is 8.59. The second kappa shape index (κ2) is 49.1. The number of hydrogen-bond acceptors (Lipinski definition) is 11. The molecule has 318 valence electrons. The normalized spacial score (nSPS) is 11.5. The van der Waals surface area contributed by atoms with E-state index in [1.54, 1.807) is 0 Å². The van der Waals surface area contributed by atoms with Gasteiger partial charge in [-0.1, -0.05) is 123 Å². The largest absolute Gasteiger partial charge is 0.463 e. The fourth-order valence-electron chi connectivity index (χ4n) is 5.42. The van der Waals surface area contributed by atoms with Crippen LogP contribution in [0.2, 0.25) is 0 Å². The van der Waals surface area contributed by atoms with Crippen molar-refractivity contribution < 1.29 is 52.2 Å². The number of unbranched alkanes of at least 4 members (excludes halogenated alkanes) is 17. The molecule has 11 heteroatoms. The Hall–Kier alpha value is -0.890. The molecule has 0 saturated heterocycles. The van der Waals surface area contributed by atoms with Gasteiger partial charge in [0, 0.05) is 13.0 Å². The number of rotatable bonds is 48. The molecule has 0 rings (SSSR count). The standard InChI is InChI=1S/C42H84O11/c1-3-5-7-8-9-10-11-12-13-14-15-16-17-18-19-21-23-44-24-25-45-26-27-46-28-29-47-30-31-48-32-33-49-34-35-50-36-37-51-38-39-52-40-41-53-42(43)22-20-6-4-2/h3-41H2,1-2H3. The minimum atomic E-state index is -0.154. The van der Waals surface area contributed by atoms with Gasteiger partial charge in [-0.05, 0) is 12.8 Å². The van der Waals surface area contributed by atoms with Crippen LogP contribution in [0.3, 0.4) is 0 Å². The van der Waals surface area contributed by atoms with Crippen molar-refractivity contribution in [2.45, 2.75) is 142 Å². The molecule has 0 aliphatic rings. The number of esters is 1. The van der Waals surface area contributed by atoms with E-state index >= 15 is 0 Å². The molecule has 0 aliphatic heterocycles. The lowest BCUT2D eigenvalue weighted by Crippen LogP contribution is -2.15. The highest BCUT2D eigenvalue weighted by molar-refractivity contribution is 5.69. The van der Waals surface area contributed by atoms with Gasteiger partial charge < -0.3 is 47.4 Å². The Bertz CT molecular complexity index is 671. The summed E-state index contributed by atoms with van der Waals surface area (Å²) in [6, 6.07) is 0. The van der Waals surface area contributed by atoms with Crippen LogP contribution in [-0.2, 0) is 52.2 Å². The SMILES string of the molecule is CCCCCCCCCCCCCCCCCCOCCOCCOCCOCCOCCOCCOCCOCCOCCOC(=O)CCCCC. The van der Waals surface area contributed by atoms with Crippen LogP contribution in [0.4, 0.5) is 0 Å². The van der Waals surface area contributed by atoms with Crippen molar-refractivity contribution in [2.75, 3.05) is 126 Å². The zero-order valence-corrected chi connectivity index (χ0v) is 34.6. The molecule has 0 aromatic carbocycles. The number of carbonyl (C=O) groups is 1. The molecule has 0 amide bonds. The first-order valence-electron chi connectivity index (χ1n) is 21.7. The lowest BCUT2D eigenvalue weighted by Gasteiger charge is -2.09. The van der Waals surface area contributed by atoms with Crippen LogP contribution in [0.5, 0.6) is 0 Å². The fourth-order valence-corrected chi connectivity index (χ4v) is 5.42. The summed E-state index contributed by atoms with van der Waals surface area (Å²) in [5.74, 6) is -0.154. The van der Waals surface area contributed by atoms with Gasteiger partial charge in [0.1, 0.15) is 6.61 Å². The summed E-state index contributed by atoms with van der Waals surface area (Å²) in [6.07, 6.45) is 25.7. The first-order chi connectivity index (χ1) is 26.3. The van der Waals surface area contributed by atoms with E-state index in [-0.39, 0.29) is 12.6 Å². The van der Waals surface area contributed by atoms with Gasteiger partial charge in [0.25, 0.3) is 0 Å². The lowest BCUT2D eigenvalue weighted by atomic mass is 10.0. The Balaban J connectivity index is 3.07. The molecule has 0 aromatic rings. The van der Waals surface area contributed by atoms with Crippen molar-refractivity contribution in [2.24, 2.45) is 0 Å². The van der Waals surface area contributed by atoms with Gasteiger partial charge in [-0.25, -0.2) is 0 Å². The molecule has 0 heterocycles. The first kappa shape index (κ1) is 52.1. The zero-order chi connectivity index (χ0) is 38.2. The van der Waals surface area contributed by atoms with Gasteiger partial charge in [0.15, 0.2) is 0 Å². The van der Waals surface area contributed by atoms with Gasteiger partial charge in [-0.2, -0.15) is 0 Å². The van der Waals surface area contributed by atoms with Gasteiger partial charge >= 0.3 is 5.97 Å². The Kier molecular flexibility index (Phi) is 48.3. The summed E-state index contributed by atoms with van der Waals surface area (Å²) >= 11 is 0. The number of ether oxygens (including phenoxy) is 10. The molecular formula is C42H84O11. The molecule has 0 spiro atoms. The Morgan fingerprint density at radius 3 is 0.792 bits per heavy atom.